The van der Waals surface area contributed by atoms with E-state index in [1.807, 2.05) is 41.2 Å². The number of nitrogens with zero attached hydrogens (tertiary/aromatic N) is 3. The largest absolute Gasteiger partial charge is 0.236 e. The van der Waals surface area contributed by atoms with Crippen LogP contribution < -0.4 is 0 Å². The number of para-hydroxylation sites is 1. The second-order valence-corrected chi connectivity index (χ2v) is 5.07. The zero-order valence-corrected chi connectivity index (χ0v) is 11.7. The van der Waals surface area contributed by atoms with E-state index in [0.29, 0.717) is 5.88 Å². The summed E-state index contributed by atoms with van der Waals surface area (Å²) >= 11 is 9.37. The van der Waals surface area contributed by atoms with Gasteiger partial charge in [0.2, 0.25) is 0 Å². The molecule has 0 aliphatic carbocycles. The molecule has 0 aliphatic heterocycles. The van der Waals surface area contributed by atoms with Gasteiger partial charge in [-0.3, -0.25) is 0 Å². The summed E-state index contributed by atoms with van der Waals surface area (Å²) < 4.78 is 2.73. The molecule has 18 heavy (non-hydrogen) atoms. The third-order valence-corrected chi connectivity index (χ3v) is 3.45. The second-order valence-electron chi connectivity index (χ2n) is 3.89. The molecule has 2 aromatic heterocycles. The second kappa shape index (κ2) is 4.71. The van der Waals surface area contributed by atoms with Crippen molar-refractivity contribution in [2.24, 2.45) is 0 Å². The van der Waals surface area contributed by atoms with Crippen LogP contribution in [-0.2, 0) is 5.88 Å². The molecule has 90 valence electrons. The summed E-state index contributed by atoms with van der Waals surface area (Å²) in [6, 6.07) is 9.99. The van der Waals surface area contributed by atoms with Crippen LogP contribution in [0.1, 0.15) is 5.56 Å². The molecule has 0 spiro atoms. The summed E-state index contributed by atoms with van der Waals surface area (Å²) in [5.41, 5.74) is 1.97. The highest BCUT2D eigenvalue weighted by molar-refractivity contribution is 9.10. The zero-order chi connectivity index (χ0) is 12.5. The molecule has 0 amide bonds. The highest BCUT2D eigenvalue weighted by Crippen LogP contribution is 2.22. The summed E-state index contributed by atoms with van der Waals surface area (Å²) in [6.07, 6.45) is 3.58. The van der Waals surface area contributed by atoms with E-state index in [0.717, 1.165) is 26.8 Å². The Bertz CT molecular complexity index is 708. The first kappa shape index (κ1) is 11.7. The lowest BCUT2D eigenvalue weighted by Gasteiger charge is -2.07. The number of halogens is 2. The normalized spacial score (nSPS) is 11.0. The van der Waals surface area contributed by atoms with Gasteiger partial charge in [0.1, 0.15) is 0 Å². The number of hydrogen-bond acceptors (Lipinski definition) is 2. The predicted molar refractivity (Wildman–Crippen MR) is 76.1 cm³/mol. The van der Waals surface area contributed by atoms with Crippen LogP contribution in [0.5, 0.6) is 0 Å². The van der Waals surface area contributed by atoms with Crippen LogP contribution in [0.3, 0.4) is 0 Å². The van der Waals surface area contributed by atoms with Crippen molar-refractivity contribution in [1.82, 2.24) is 14.8 Å². The van der Waals surface area contributed by atoms with Crippen molar-refractivity contribution in [2.75, 3.05) is 0 Å². The fourth-order valence-electron chi connectivity index (χ4n) is 1.90. The van der Waals surface area contributed by atoms with Crippen molar-refractivity contribution in [3.63, 3.8) is 0 Å². The van der Waals surface area contributed by atoms with Crippen LogP contribution in [0, 0.1) is 0 Å². The highest BCUT2D eigenvalue weighted by Gasteiger charge is 2.10. The summed E-state index contributed by atoms with van der Waals surface area (Å²) in [5.74, 6) is 1.17. The monoisotopic (exact) mass is 321 g/mol. The molecular weight excluding hydrogens is 314 g/mol. The van der Waals surface area contributed by atoms with Crippen LogP contribution in [0.4, 0.5) is 0 Å². The molecule has 0 unspecified atom stereocenters. The van der Waals surface area contributed by atoms with Crippen molar-refractivity contribution in [3.05, 3.63) is 52.8 Å². The highest BCUT2D eigenvalue weighted by atomic mass is 79.9. The molecule has 0 N–H and O–H groups in total. The molecule has 3 rings (SSSR count). The molecule has 3 aromatic rings. The van der Waals surface area contributed by atoms with Gasteiger partial charge in [-0.1, -0.05) is 18.2 Å². The standard InChI is InChI=1S/C13H9BrClN3/c14-11-5-10(6-15)13(16-8-11)18-12-4-2-1-3-9(12)7-17-18/h1-5,7-8H,6H2. The first-order chi connectivity index (χ1) is 8.79. The average molecular weight is 323 g/mol. The van der Waals surface area contributed by atoms with Gasteiger partial charge in [0.15, 0.2) is 5.82 Å². The van der Waals surface area contributed by atoms with Gasteiger partial charge in [0, 0.05) is 21.6 Å². The lowest BCUT2D eigenvalue weighted by molar-refractivity contribution is 0.861. The maximum absolute atomic E-state index is 5.97. The molecule has 0 radical (unpaired) electrons. The first-order valence-electron chi connectivity index (χ1n) is 5.43. The number of aromatic nitrogens is 3. The number of rotatable bonds is 2. The molecule has 5 heteroatoms. The van der Waals surface area contributed by atoms with E-state index in [4.69, 9.17) is 11.6 Å². The summed E-state index contributed by atoms with van der Waals surface area (Å²) in [7, 11) is 0. The van der Waals surface area contributed by atoms with Gasteiger partial charge < -0.3 is 0 Å². The molecule has 0 bridgehead atoms. The van der Waals surface area contributed by atoms with Crippen molar-refractivity contribution in [1.29, 1.82) is 0 Å². The topological polar surface area (TPSA) is 30.7 Å². The lowest BCUT2D eigenvalue weighted by atomic mass is 10.2. The van der Waals surface area contributed by atoms with Crippen molar-refractivity contribution in [2.45, 2.75) is 5.88 Å². The van der Waals surface area contributed by atoms with Gasteiger partial charge in [-0.25, -0.2) is 9.67 Å². The van der Waals surface area contributed by atoms with Gasteiger partial charge in [0.25, 0.3) is 0 Å². The SMILES string of the molecule is ClCc1cc(Br)cnc1-n1ncc2ccccc21. The van der Waals surface area contributed by atoms with Crippen LogP contribution in [-0.4, -0.2) is 14.8 Å². The van der Waals surface area contributed by atoms with Crippen LogP contribution in [0.15, 0.2) is 47.2 Å². The molecule has 2 heterocycles. The maximum atomic E-state index is 5.97. The molecule has 0 saturated carbocycles. The van der Waals surface area contributed by atoms with Crippen molar-refractivity contribution < 1.29 is 0 Å². The third kappa shape index (κ3) is 1.91. The van der Waals surface area contributed by atoms with Crippen LogP contribution in [0.25, 0.3) is 16.7 Å². The van der Waals surface area contributed by atoms with E-state index in [-0.39, 0.29) is 0 Å². The summed E-state index contributed by atoms with van der Waals surface area (Å²) in [6.45, 7) is 0. The molecule has 0 saturated heterocycles. The van der Waals surface area contributed by atoms with E-state index in [1.165, 1.54) is 0 Å². The first-order valence-corrected chi connectivity index (χ1v) is 6.76. The fraction of sp³-hybridized carbons (Fsp3) is 0.0769. The number of fused-ring (bicyclic) bond motifs is 1. The summed E-state index contributed by atoms with van der Waals surface area (Å²) in [5, 5.41) is 5.47. The van der Waals surface area contributed by atoms with Gasteiger partial charge in [0.05, 0.1) is 17.6 Å². The fourth-order valence-corrected chi connectivity index (χ4v) is 2.48. The van der Waals surface area contributed by atoms with Crippen molar-refractivity contribution >= 4 is 38.4 Å². The van der Waals surface area contributed by atoms with E-state index in [9.17, 15) is 0 Å². The van der Waals surface area contributed by atoms with Gasteiger partial charge in [-0.05, 0) is 28.1 Å². The van der Waals surface area contributed by atoms with Crippen molar-refractivity contribution in [3.8, 4) is 5.82 Å². The Morgan fingerprint density at radius 3 is 2.89 bits per heavy atom. The maximum Gasteiger partial charge on any atom is 0.158 e. The molecule has 1 aromatic carbocycles. The quantitative estimate of drug-likeness (QED) is 0.669. The van der Waals surface area contributed by atoms with E-state index in [2.05, 4.69) is 26.0 Å². The Labute approximate surface area is 118 Å². The van der Waals surface area contributed by atoms with Gasteiger partial charge in [-0.2, -0.15) is 5.10 Å². The molecule has 0 atom stereocenters. The molecule has 3 nitrogen and oxygen atoms in total. The van der Waals surface area contributed by atoms with E-state index >= 15 is 0 Å². The van der Waals surface area contributed by atoms with E-state index < -0.39 is 0 Å². The third-order valence-electron chi connectivity index (χ3n) is 2.73. The average Bonchev–Trinajstić information content (AvgIpc) is 2.82. The van der Waals surface area contributed by atoms with Gasteiger partial charge >= 0.3 is 0 Å². The number of hydrogen-bond donors (Lipinski definition) is 0. The van der Waals surface area contributed by atoms with Crippen LogP contribution >= 0.6 is 27.5 Å². The Morgan fingerprint density at radius 2 is 2.06 bits per heavy atom. The Balaban J connectivity index is 2.26. The molecular formula is C13H9BrClN3. The number of benzene rings is 1. The molecule has 0 aliphatic rings. The van der Waals surface area contributed by atoms with Gasteiger partial charge in [-0.15, -0.1) is 11.6 Å². The number of alkyl halides is 1. The van der Waals surface area contributed by atoms with E-state index in [1.54, 1.807) is 6.20 Å². The van der Waals surface area contributed by atoms with Crippen LogP contribution in [0.2, 0.25) is 0 Å². The Morgan fingerprint density at radius 1 is 1.22 bits per heavy atom. The number of pyridine rings is 1. The minimum absolute atomic E-state index is 0.399. The summed E-state index contributed by atoms with van der Waals surface area (Å²) in [4.78, 5) is 4.41. The Hall–Kier alpha value is -1.39. The zero-order valence-electron chi connectivity index (χ0n) is 9.35. The lowest BCUT2D eigenvalue weighted by Crippen LogP contribution is -2.03. The minimum atomic E-state index is 0.399. The predicted octanol–water partition coefficient (Wildman–Crippen LogP) is 3.92. The Kier molecular flexibility index (Phi) is 3.06. The molecule has 0 fully saturated rings. The smallest absolute Gasteiger partial charge is 0.158 e. The minimum Gasteiger partial charge on any atom is -0.236 e.